The molecule has 0 radical (unpaired) electrons. The maximum Gasteiger partial charge on any atom is 0.313 e. The number of hydrogen-bond donors (Lipinski definition) is 1. The number of benzene rings is 1. The lowest BCUT2D eigenvalue weighted by Gasteiger charge is -2.33. The topological polar surface area (TPSA) is 90.7 Å². The Morgan fingerprint density at radius 3 is 2.72 bits per heavy atom. The number of fused-ring (bicyclic) bond motifs is 1. The van der Waals surface area contributed by atoms with Crippen molar-refractivity contribution in [2.24, 2.45) is 16.6 Å². The minimum atomic E-state index is -3.07. The number of hydrogen-bond acceptors (Lipinski definition) is 6. The van der Waals surface area contributed by atoms with E-state index in [-0.39, 0.29) is 24.1 Å². The summed E-state index contributed by atoms with van der Waals surface area (Å²) in [7, 11) is 0. The fourth-order valence-corrected chi connectivity index (χ4v) is 3.58. The number of nitrogens with zero attached hydrogens (tertiary/aromatic N) is 2. The van der Waals surface area contributed by atoms with E-state index in [4.69, 9.17) is 10.5 Å². The van der Waals surface area contributed by atoms with E-state index in [0.717, 1.165) is 18.4 Å². The summed E-state index contributed by atoms with van der Waals surface area (Å²) in [5, 5.41) is 0. The lowest BCUT2D eigenvalue weighted by atomic mass is 9.83. The lowest BCUT2D eigenvalue weighted by molar-refractivity contribution is 0.0176. The van der Waals surface area contributed by atoms with Gasteiger partial charge in [0.15, 0.2) is 11.3 Å². The van der Waals surface area contributed by atoms with Crippen molar-refractivity contribution < 1.29 is 35.9 Å². The first-order chi connectivity index (χ1) is 13.7. The molecule has 0 spiro atoms. The number of nitrogens with two attached hydrogens (primary N) is 1. The average molecular weight is 415 g/mol. The summed E-state index contributed by atoms with van der Waals surface area (Å²) < 4.78 is 77.5. The van der Waals surface area contributed by atoms with Crippen LogP contribution in [0.5, 0.6) is 0 Å². The fourth-order valence-electron chi connectivity index (χ4n) is 3.58. The Morgan fingerprint density at radius 1 is 1.31 bits per heavy atom. The Balaban J connectivity index is 1.67. The molecule has 3 atom stereocenters. The van der Waals surface area contributed by atoms with Crippen LogP contribution in [0.25, 0.3) is 0 Å². The Kier molecular flexibility index (Phi) is 4.55. The molecule has 1 fully saturated rings. The molecule has 154 valence electrons. The van der Waals surface area contributed by atoms with Crippen LogP contribution in [0.2, 0.25) is 0 Å². The number of rotatable bonds is 6. The van der Waals surface area contributed by atoms with Gasteiger partial charge in [0.1, 0.15) is 23.9 Å². The first-order valence-electron chi connectivity index (χ1n) is 8.58. The zero-order chi connectivity index (χ0) is 20.9. The van der Waals surface area contributed by atoms with Gasteiger partial charge in [0.05, 0.1) is 0 Å². The Hall–Kier alpha value is -2.98. The number of ketones is 1. The molecule has 1 aliphatic heterocycles. The molecule has 0 amide bonds. The maximum absolute atomic E-state index is 14.6. The number of amidine groups is 1. The Morgan fingerprint density at radius 2 is 2.07 bits per heavy atom. The van der Waals surface area contributed by atoms with Gasteiger partial charge >= 0.3 is 6.43 Å². The van der Waals surface area contributed by atoms with E-state index in [9.17, 15) is 26.7 Å². The zero-order valence-electron chi connectivity index (χ0n) is 14.6. The lowest BCUT2D eigenvalue weighted by Crippen LogP contribution is -2.43. The molecule has 29 heavy (non-hydrogen) atoms. The van der Waals surface area contributed by atoms with Crippen molar-refractivity contribution in [3.05, 3.63) is 53.0 Å². The molecule has 1 aliphatic carbocycles. The predicted octanol–water partition coefficient (Wildman–Crippen LogP) is 3.37. The highest BCUT2D eigenvalue weighted by Crippen LogP contribution is 2.56. The van der Waals surface area contributed by atoms with E-state index in [1.54, 1.807) is 0 Å². The Labute approximate surface area is 160 Å². The first-order valence-corrected chi connectivity index (χ1v) is 8.58. The second-order valence-electron chi connectivity index (χ2n) is 6.86. The van der Waals surface area contributed by atoms with Crippen molar-refractivity contribution in [2.75, 3.05) is 0 Å². The SMILES string of the molecule is NC1=N[C@@](c2cc(CC(=O)c3coc(C(F)F)n3)ccc2F)(C(F)F)[C@H]2C[C@H]2O1. The molecule has 0 unspecified atom stereocenters. The van der Waals surface area contributed by atoms with Crippen LogP contribution in [-0.2, 0) is 16.7 Å². The van der Waals surface area contributed by atoms with Gasteiger partial charge in [-0.3, -0.25) is 4.79 Å². The third kappa shape index (κ3) is 3.23. The molecule has 1 aromatic carbocycles. The van der Waals surface area contributed by atoms with Crippen molar-refractivity contribution in [3.8, 4) is 0 Å². The van der Waals surface area contributed by atoms with Crippen molar-refractivity contribution in [1.29, 1.82) is 0 Å². The fraction of sp³-hybridized carbons (Fsp3) is 0.389. The van der Waals surface area contributed by atoms with E-state index in [1.165, 1.54) is 6.07 Å². The predicted molar refractivity (Wildman–Crippen MR) is 88.2 cm³/mol. The number of ether oxygens (including phenoxy) is 1. The van der Waals surface area contributed by atoms with Crippen LogP contribution in [-0.4, -0.2) is 29.3 Å². The van der Waals surface area contributed by atoms with Crippen molar-refractivity contribution in [3.63, 3.8) is 0 Å². The largest absolute Gasteiger partial charge is 0.462 e. The van der Waals surface area contributed by atoms with Crippen molar-refractivity contribution >= 4 is 11.8 Å². The van der Waals surface area contributed by atoms with Crippen molar-refractivity contribution in [2.45, 2.75) is 37.3 Å². The third-order valence-electron chi connectivity index (χ3n) is 5.02. The van der Waals surface area contributed by atoms with E-state index in [0.29, 0.717) is 0 Å². The smallest absolute Gasteiger partial charge is 0.313 e. The molecular formula is C18H14F5N3O3. The number of oxazole rings is 1. The molecule has 2 N–H and O–H groups in total. The quantitative estimate of drug-likeness (QED) is 0.577. The summed E-state index contributed by atoms with van der Waals surface area (Å²) >= 11 is 0. The van der Waals surface area contributed by atoms with Crippen LogP contribution in [0.1, 0.15) is 40.4 Å². The van der Waals surface area contributed by atoms with Gasteiger partial charge in [-0.15, -0.1) is 0 Å². The van der Waals surface area contributed by atoms with E-state index in [1.807, 2.05) is 0 Å². The number of halogens is 5. The third-order valence-corrected chi connectivity index (χ3v) is 5.02. The van der Waals surface area contributed by atoms with Gasteiger partial charge < -0.3 is 14.9 Å². The standard InChI is InChI=1S/C18H14F5N3O3/c19-10-2-1-7(4-12(27)11-6-28-15(25-11)14(20)21)3-8(10)18(16(22)23)9-5-13(9)29-17(24)26-18/h1-3,6,9,13-14,16H,4-5H2,(H2,24,26)/t9-,13+,18+/m0/s1. The molecule has 4 rings (SSSR count). The van der Waals surface area contributed by atoms with Crippen LogP contribution in [0, 0.1) is 11.7 Å². The highest BCUT2D eigenvalue weighted by molar-refractivity contribution is 5.95. The molecular weight excluding hydrogens is 401 g/mol. The summed E-state index contributed by atoms with van der Waals surface area (Å²) in [5.74, 6) is -3.27. The maximum atomic E-state index is 14.6. The van der Waals surface area contributed by atoms with Gasteiger partial charge in [0.2, 0.25) is 0 Å². The van der Waals surface area contributed by atoms with Gasteiger partial charge in [-0.2, -0.15) is 8.78 Å². The molecule has 2 aliphatic rings. The number of alkyl halides is 4. The molecule has 1 saturated carbocycles. The van der Waals surface area contributed by atoms with Gasteiger partial charge in [0, 0.05) is 17.9 Å². The number of carbonyl (C=O) groups is 1. The van der Waals surface area contributed by atoms with Crippen LogP contribution >= 0.6 is 0 Å². The minimum Gasteiger partial charge on any atom is -0.462 e. The number of aromatic nitrogens is 1. The first kappa shape index (κ1) is 19.3. The molecule has 11 heteroatoms. The summed E-state index contributed by atoms with van der Waals surface area (Å²) in [6, 6.07) is 2.85. The van der Waals surface area contributed by atoms with Gasteiger partial charge in [-0.25, -0.2) is 23.1 Å². The van der Waals surface area contributed by atoms with Gasteiger partial charge in [-0.05, 0) is 24.1 Å². The molecule has 2 heterocycles. The zero-order valence-corrected chi connectivity index (χ0v) is 14.6. The highest BCUT2D eigenvalue weighted by Gasteiger charge is 2.64. The molecule has 0 saturated heterocycles. The molecule has 2 aromatic rings. The van der Waals surface area contributed by atoms with Gasteiger partial charge in [0.25, 0.3) is 18.3 Å². The summed E-state index contributed by atoms with van der Waals surface area (Å²) in [5.41, 5.74) is 2.74. The highest BCUT2D eigenvalue weighted by atomic mass is 19.3. The van der Waals surface area contributed by atoms with Crippen LogP contribution in [0.3, 0.4) is 0 Å². The van der Waals surface area contributed by atoms with Crippen LogP contribution in [0.15, 0.2) is 33.9 Å². The monoisotopic (exact) mass is 415 g/mol. The summed E-state index contributed by atoms with van der Waals surface area (Å²) in [6.07, 6.45) is -5.98. The van der Waals surface area contributed by atoms with Crippen LogP contribution in [0.4, 0.5) is 22.0 Å². The van der Waals surface area contributed by atoms with Gasteiger partial charge in [-0.1, -0.05) is 6.07 Å². The average Bonchev–Trinajstić information content (AvgIpc) is 3.25. The number of aliphatic imine (C=N–C) groups is 1. The molecule has 0 bridgehead atoms. The number of Topliss-reactive ketones (excluding diaryl/α,β-unsaturated/α-hetero) is 1. The minimum absolute atomic E-state index is 0.186. The number of carbonyl (C=O) groups excluding carboxylic acids is 1. The second kappa shape index (κ2) is 6.82. The second-order valence-corrected chi connectivity index (χ2v) is 6.86. The summed E-state index contributed by atoms with van der Waals surface area (Å²) in [4.78, 5) is 19.4. The summed E-state index contributed by atoms with van der Waals surface area (Å²) in [6.45, 7) is 0. The molecule has 1 aromatic heterocycles. The van der Waals surface area contributed by atoms with E-state index < -0.39 is 59.5 Å². The molecule has 6 nitrogen and oxygen atoms in total. The normalized spacial score (nSPS) is 25.6. The van der Waals surface area contributed by atoms with E-state index in [2.05, 4.69) is 14.4 Å². The Bertz CT molecular complexity index is 993. The van der Waals surface area contributed by atoms with E-state index >= 15 is 0 Å². The van der Waals surface area contributed by atoms with Crippen molar-refractivity contribution in [1.82, 2.24) is 4.98 Å². The van der Waals surface area contributed by atoms with Crippen LogP contribution < -0.4 is 5.73 Å².